The zero-order valence-corrected chi connectivity index (χ0v) is 12.7. The third-order valence-electron chi connectivity index (χ3n) is 3.49. The summed E-state index contributed by atoms with van der Waals surface area (Å²) in [5.74, 6) is 8.06. The van der Waals surface area contributed by atoms with Crippen LogP contribution in [0.4, 0.5) is 0 Å². The predicted octanol–water partition coefficient (Wildman–Crippen LogP) is 1.67. The fourth-order valence-electron chi connectivity index (χ4n) is 2.37. The van der Waals surface area contributed by atoms with Crippen molar-refractivity contribution in [3.63, 3.8) is 0 Å². The van der Waals surface area contributed by atoms with Crippen LogP contribution in [0.5, 0.6) is 11.5 Å². The minimum absolute atomic E-state index is 0.0574. The molecule has 3 N–H and O–H groups in total. The molecule has 0 fully saturated rings. The highest BCUT2D eigenvalue weighted by Gasteiger charge is 2.16. The smallest absolute Gasteiger partial charge is 0.160 e. The van der Waals surface area contributed by atoms with Crippen molar-refractivity contribution >= 4 is 0 Å². The molecule has 1 aromatic carbocycles. The molecule has 2 rings (SSSR count). The van der Waals surface area contributed by atoms with Crippen molar-refractivity contribution in [3.05, 3.63) is 42.0 Å². The number of rotatable bonds is 7. The number of hydrogen-bond acceptors (Lipinski definition) is 5. The number of methoxy groups -OCH3 is 2. The fourth-order valence-corrected chi connectivity index (χ4v) is 2.37. The quantitative estimate of drug-likeness (QED) is 0.599. The molecule has 0 aliphatic rings. The van der Waals surface area contributed by atoms with Gasteiger partial charge >= 0.3 is 0 Å². The Labute approximate surface area is 124 Å². The van der Waals surface area contributed by atoms with Gasteiger partial charge in [0.1, 0.15) is 5.82 Å². The van der Waals surface area contributed by atoms with Gasteiger partial charge in [0.25, 0.3) is 0 Å². The lowest BCUT2D eigenvalue weighted by Crippen LogP contribution is -2.31. The van der Waals surface area contributed by atoms with E-state index in [1.165, 1.54) is 0 Å². The molecule has 114 valence electrons. The number of nitrogens with one attached hydrogen (secondary N) is 1. The van der Waals surface area contributed by atoms with Gasteiger partial charge in [0.05, 0.1) is 20.3 Å². The topological polar surface area (TPSA) is 74.3 Å². The summed E-state index contributed by atoms with van der Waals surface area (Å²) in [6.45, 7) is 2.94. The van der Waals surface area contributed by atoms with E-state index in [0.29, 0.717) is 17.9 Å². The second kappa shape index (κ2) is 7.10. The van der Waals surface area contributed by atoms with Crippen molar-refractivity contribution in [2.75, 3.05) is 14.2 Å². The third-order valence-corrected chi connectivity index (χ3v) is 3.49. The number of ether oxygens (including phenoxy) is 2. The molecule has 6 heteroatoms. The average Bonchev–Trinajstić information content (AvgIpc) is 3.00. The first-order valence-electron chi connectivity index (χ1n) is 6.91. The van der Waals surface area contributed by atoms with Crippen molar-refractivity contribution in [1.82, 2.24) is 15.0 Å². The summed E-state index contributed by atoms with van der Waals surface area (Å²) < 4.78 is 12.7. The first-order valence-corrected chi connectivity index (χ1v) is 6.91. The second-order valence-electron chi connectivity index (χ2n) is 4.68. The Morgan fingerprint density at radius 2 is 2.05 bits per heavy atom. The van der Waals surface area contributed by atoms with E-state index in [1.54, 1.807) is 20.4 Å². The van der Waals surface area contributed by atoms with E-state index in [0.717, 1.165) is 17.9 Å². The highest BCUT2D eigenvalue weighted by Crippen LogP contribution is 2.29. The molecule has 2 aromatic rings. The number of benzene rings is 1. The summed E-state index contributed by atoms with van der Waals surface area (Å²) in [4.78, 5) is 4.40. The number of nitrogens with two attached hydrogens (primary N) is 1. The molecule has 1 aromatic heterocycles. The summed E-state index contributed by atoms with van der Waals surface area (Å²) in [6, 6.07) is 5.81. The number of nitrogens with zero attached hydrogens (tertiary/aromatic N) is 2. The van der Waals surface area contributed by atoms with Crippen LogP contribution in [0.3, 0.4) is 0 Å². The number of aromatic nitrogens is 2. The maximum Gasteiger partial charge on any atom is 0.160 e. The molecule has 1 heterocycles. The van der Waals surface area contributed by atoms with Crippen LogP contribution in [-0.2, 0) is 13.0 Å². The molecule has 1 unspecified atom stereocenters. The van der Waals surface area contributed by atoms with E-state index in [2.05, 4.69) is 21.9 Å². The summed E-state index contributed by atoms with van der Waals surface area (Å²) in [7, 11) is 3.25. The van der Waals surface area contributed by atoms with Crippen molar-refractivity contribution < 1.29 is 9.47 Å². The SMILES string of the molecule is CCn1ccnc1C(Cc1ccc(OC)c(OC)c1)NN. The van der Waals surface area contributed by atoms with Crippen LogP contribution >= 0.6 is 0 Å². The van der Waals surface area contributed by atoms with Gasteiger partial charge in [-0.2, -0.15) is 0 Å². The molecule has 1 atom stereocenters. The van der Waals surface area contributed by atoms with E-state index < -0.39 is 0 Å². The predicted molar refractivity (Wildman–Crippen MR) is 81.2 cm³/mol. The lowest BCUT2D eigenvalue weighted by molar-refractivity contribution is 0.354. The van der Waals surface area contributed by atoms with Crippen LogP contribution in [0.15, 0.2) is 30.6 Å². The molecular formula is C15H22N4O2. The van der Waals surface area contributed by atoms with Gasteiger partial charge in [0, 0.05) is 18.9 Å². The van der Waals surface area contributed by atoms with Crippen molar-refractivity contribution in [2.45, 2.75) is 25.9 Å². The third kappa shape index (κ3) is 3.34. The van der Waals surface area contributed by atoms with Crippen LogP contribution in [0.2, 0.25) is 0 Å². The number of hydrogen-bond donors (Lipinski definition) is 2. The zero-order valence-electron chi connectivity index (χ0n) is 12.7. The first-order chi connectivity index (χ1) is 10.2. The molecule has 21 heavy (non-hydrogen) atoms. The fraction of sp³-hybridized carbons (Fsp3) is 0.400. The lowest BCUT2D eigenvalue weighted by atomic mass is 10.0. The van der Waals surface area contributed by atoms with Gasteiger partial charge in [-0.3, -0.25) is 5.84 Å². The van der Waals surface area contributed by atoms with Gasteiger partial charge in [0.15, 0.2) is 11.5 Å². The first kappa shape index (κ1) is 15.3. The number of imidazole rings is 1. The van der Waals surface area contributed by atoms with Crippen LogP contribution in [-0.4, -0.2) is 23.8 Å². The highest BCUT2D eigenvalue weighted by molar-refractivity contribution is 5.43. The Morgan fingerprint density at radius 3 is 2.67 bits per heavy atom. The molecule has 0 spiro atoms. The maximum atomic E-state index is 5.70. The Morgan fingerprint density at radius 1 is 1.29 bits per heavy atom. The van der Waals surface area contributed by atoms with Gasteiger partial charge < -0.3 is 14.0 Å². The van der Waals surface area contributed by atoms with Gasteiger partial charge in [-0.1, -0.05) is 6.07 Å². The number of hydrazine groups is 1. The zero-order chi connectivity index (χ0) is 15.2. The standard InChI is InChI=1S/C15H22N4O2/c1-4-19-8-7-17-15(19)12(18-16)9-11-5-6-13(20-2)14(10-11)21-3/h5-8,10,12,18H,4,9,16H2,1-3H3. The molecule has 0 aliphatic carbocycles. The van der Waals surface area contributed by atoms with E-state index in [1.807, 2.05) is 24.4 Å². The summed E-state index contributed by atoms with van der Waals surface area (Å²) >= 11 is 0. The number of aryl methyl sites for hydroxylation is 1. The van der Waals surface area contributed by atoms with E-state index >= 15 is 0 Å². The van der Waals surface area contributed by atoms with Crippen molar-refractivity contribution in [1.29, 1.82) is 0 Å². The Bertz CT molecular complexity index is 583. The molecular weight excluding hydrogens is 268 g/mol. The highest BCUT2D eigenvalue weighted by atomic mass is 16.5. The van der Waals surface area contributed by atoms with E-state index in [4.69, 9.17) is 15.3 Å². The van der Waals surface area contributed by atoms with E-state index in [9.17, 15) is 0 Å². The van der Waals surface area contributed by atoms with Crippen LogP contribution in [0.25, 0.3) is 0 Å². The van der Waals surface area contributed by atoms with Gasteiger partial charge in [-0.15, -0.1) is 0 Å². The molecule has 0 saturated carbocycles. The molecule has 0 radical (unpaired) electrons. The monoisotopic (exact) mass is 290 g/mol. The summed E-state index contributed by atoms with van der Waals surface area (Å²) in [5.41, 5.74) is 3.94. The largest absolute Gasteiger partial charge is 0.493 e. The summed E-state index contributed by atoms with van der Waals surface area (Å²) in [5, 5.41) is 0. The van der Waals surface area contributed by atoms with Crippen molar-refractivity contribution in [3.8, 4) is 11.5 Å². The molecule has 0 aliphatic heterocycles. The minimum atomic E-state index is -0.0574. The van der Waals surface area contributed by atoms with Crippen LogP contribution in [0.1, 0.15) is 24.4 Å². The Hall–Kier alpha value is -2.05. The Kier molecular flexibility index (Phi) is 5.19. The summed E-state index contributed by atoms with van der Waals surface area (Å²) in [6.07, 6.45) is 4.46. The normalized spacial score (nSPS) is 12.2. The average molecular weight is 290 g/mol. The lowest BCUT2D eigenvalue weighted by Gasteiger charge is -2.17. The second-order valence-corrected chi connectivity index (χ2v) is 4.68. The molecule has 0 saturated heterocycles. The van der Waals surface area contributed by atoms with Gasteiger partial charge in [-0.05, 0) is 31.0 Å². The molecule has 0 amide bonds. The van der Waals surface area contributed by atoms with Crippen LogP contribution < -0.4 is 20.7 Å². The van der Waals surface area contributed by atoms with Crippen LogP contribution in [0, 0.1) is 0 Å². The minimum Gasteiger partial charge on any atom is -0.493 e. The molecule has 6 nitrogen and oxygen atoms in total. The maximum absolute atomic E-state index is 5.70. The van der Waals surface area contributed by atoms with Crippen molar-refractivity contribution in [2.24, 2.45) is 5.84 Å². The molecule has 0 bridgehead atoms. The Balaban J connectivity index is 2.23. The van der Waals surface area contributed by atoms with Gasteiger partial charge in [0.2, 0.25) is 0 Å². The van der Waals surface area contributed by atoms with Gasteiger partial charge in [-0.25, -0.2) is 10.4 Å². The van der Waals surface area contributed by atoms with E-state index in [-0.39, 0.29) is 6.04 Å².